The van der Waals surface area contributed by atoms with Crippen LogP contribution in [0.4, 0.5) is 9.18 Å². The Morgan fingerprint density at radius 3 is 2.42 bits per heavy atom. The lowest BCUT2D eigenvalue weighted by Crippen LogP contribution is -2.47. The summed E-state index contributed by atoms with van der Waals surface area (Å²) in [4.78, 5) is 24.5. The number of hydrogen-bond donors (Lipinski definition) is 1. The molecule has 0 aromatic carbocycles. The highest BCUT2D eigenvalue weighted by atomic mass is 19.1. The van der Waals surface area contributed by atoms with Crippen LogP contribution in [0.25, 0.3) is 0 Å². The van der Waals surface area contributed by atoms with Gasteiger partial charge in [0.25, 0.3) is 0 Å². The number of ether oxygens (including phenoxy) is 1. The van der Waals surface area contributed by atoms with Crippen molar-refractivity contribution in [2.75, 3.05) is 13.7 Å². The van der Waals surface area contributed by atoms with E-state index in [-0.39, 0.29) is 24.0 Å². The van der Waals surface area contributed by atoms with E-state index in [2.05, 4.69) is 5.32 Å². The van der Waals surface area contributed by atoms with Crippen molar-refractivity contribution in [2.45, 2.75) is 50.9 Å². The minimum absolute atomic E-state index is 0.0428. The second-order valence-electron chi connectivity index (χ2n) is 5.29. The van der Waals surface area contributed by atoms with Gasteiger partial charge in [-0.3, -0.25) is 9.69 Å². The van der Waals surface area contributed by atoms with Gasteiger partial charge in [-0.25, -0.2) is 9.18 Å². The van der Waals surface area contributed by atoms with Gasteiger partial charge in [-0.2, -0.15) is 0 Å². The minimum Gasteiger partial charge on any atom is -0.469 e. The van der Waals surface area contributed by atoms with E-state index in [4.69, 9.17) is 4.74 Å². The van der Waals surface area contributed by atoms with Crippen LogP contribution in [0.5, 0.6) is 0 Å². The molecule has 1 heterocycles. The van der Waals surface area contributed by atoms with Gasteiger partial charge >= 0.3 is 12.0 Å². The fourth-order valence-electron chi connectivity index (χ4n) is 2.85. The van der Waals surface area contributed by atoms with Crippen LogP contribution in [-0.2, 0) is 9.53 Å². The first-order valence-corrected chi connectivity index (χ1v) is 6.91. The van der Waals surface area contributed by atoms with Crippen molar-refractivity contribution in [3.8, 4) is 0 Å². The molecule has 1 saturated heterocycles. The number of urea groups is 1. The molecule has 0 unspecified atom stereocenters. The quantitative estimate of drug-likeness (QED) is 0.616. The summed E-state index contributed by atoms with van der Waals surface area (Å²) in [5.74, 6) is -0.230. The van der Waals surface area contributed by atoms with Crippen molar-refractivity contribution in [2.24, 2.45) is 5.92 Å². The molecule has 0 aromatic rings. The Labute approximate surface area is 112 Å². The number of carbonyl (C=O) groups excluding carboxylic acids is 2. The lowest BCUT2D eigenvalue weighted by molar-refractivity contribution is -0.146. The molecule has 0 bridgehead atoms. The monoisotopic (exact) mass is 272 g/mol. The van der Waals surface area contributed by atoms with E-state index in [9.17, 15) is 14.0 Å². The summed E-state index contributed by atoms with van der Waals surface area (Å²) in [5.41, 5.74) is 0. The van der Waals surface area contributed by atoms with Crippen molar-refractivity contribution < 1.29 is 18.7 Å². The Hall–Kier alpha value is -1.33. The summed E-state index contributed by atoms with van der Waals surface area (Å²) < 4.78 is 18.1. The number of nitrogens with one attached hydrogen (secondary N) is 1. The van der Waals surface area contributed by atoms with E-state index in [0.717, 1.165) is 32.1 Å². The van der Waals surface area contributed by atoms with Crippen LogP contribution in [0.2, 0.25) is 0 Å². The number of methoxy groups -OCH3 is 1. The highest BCUT2D eigenvalue weighted by Crippen LogP contribution is 2.26. The van der Waals surface area contributed by atoms with E-state index in [1.165, 1.54) is 12.0 Å². The largest absolute Gasteiger partial charge is 0.469 e. The van der Waals surface area contributed by atoms with Crippen LogP contribution in [0, 0.1) is 5.92 Å². The minimum atomic E-state index is -1.15. The Bertz CT molecular complexity index is 343. The molecule has 2 aliphatic rings. The number of alkyl halides is 1. The van der Waals surface area contributed by atoms with E-state index >= 15 is 0 Å². The highest BCUT2D eigenvalue weighted by Gasteiger charge is 2.32. The lowest BCUT2D eigenvalue weighted by atomic mass is 9.86. The number of nitrogens with zero attached hydrogens (tertiary/aromatic N) is 1. The predicted octanol–water partition coefficient (Wildman–Crippen LogP) is 1.82. The number of likely N-dealkylation sites (tertiary alicyclic amines) is 1. The van der Waals surface area contributed by atoms with Crippen molar-refractivity contribution in [1.29, 1.82) is 0 Å². The van der Waals surface area contributed by atoms with Gasteiger partial charge in [0.2, 0.25) is 0 Å². The van der Waals surface area contributed by atoms with E-state index in [1.54, 1.807) is 0 Å². The van der Waals surface area contributed by atoms with Crippen LogP contribution in [0.3, 0.4) is 0 Å². The molecule has 1 aliphatic carbocycles. The molecule has 1 saturated carbocycles. The molecule has 5 nitrogen and oxygen atoms in total. The zero-order valence-corrected chi connectivity index (χ0v) is 11.2. The normalized spacial score (nSPS) is 31.1. The molecule has 6 heteroatoms. The van der Waals surface area contributed by atoms with Crippen LogP contribution in [-0.4, -0.2) is 42.9 Å². The van der Waals surface area contributed by atoms with Gasteiger partial charge in [0.15, 0.2) is 6.30 Å². The number of halogens is 1. The second kappa shape index (κ2) is 6.21. The number of amides is 2. The molecule has 2 rings (SSSR count). The maximum atomic E-state index is 13.4. The van der Waals surface area contributed by atoms with Crippen LogP contribution in [0.15, 0.2) is 0 Å². The molecule has 1 N–H and O–H groups in total. The summed E-state index contributed by atoms with van der Waals surface area (Å²) >= 11 is 0. The SMILES string of the molecule is COC(=O)C1CCC(NC(=O)N2CCC[C@@H]2F)CC1. The topological polar surface area (TPSA) is 58.6 Å². The number of hydrogen-bond acceptors (Lipinski definition) is 3. The van der Waals surface area contributed by atoms with E-state index in [1.807, 2.05) is 0 Å². The Morgan fingerprint density at radius 1 is 1.21 bits per heavy atom. The third-order valence-corrected chi connectivity index (χ3v) is 4.03. The first kappa shape index (κ1) is 14.1. The molecule has 108 valence electrons. The molecule has 2 amide bonds. The summed E-state index contributed by atoms with van der Waals surface area (Å²) in [6.45, 7) is 0.491. The van der Waals surface area contributed by atoms with Gasteiger partial charge < -0.3 is 10.1 Å². The molecule has 2 fully saturated rings. The van der Waals surface area contributed by atoms with Crippen LogP contribution >= 0.6 is 0 Å². The number of carbonyl (C=O) groups is 2. The van der Waals surface area contributed by atoms with E-state index in [0.29, 0.717) is 13.0 Å². The average molecular weight is 272 g/mol. The smallest absolute Gasteiger partial charge is 0.319 e. The second-order valence-corrected chi connectivity index (χ2v) is 5.29. The zero-order valence-electron chi connectivity index (χ0n) is 11.2. The maximum Gasteiger partial charge on any atom is 0.319 e. The third kappa shape index (κ3) is 3.36. The number of esters is 1. The maximum absolute atomic E-state index is 13.4. The molecule has 19 heavy (non-hydrogen) atoms. The summed E-state index contributed by atoms with van der Waals surface area (Å²) in [5, 5.41) is 2.86. The van der Waals surface area contributed by atoms with Crippen LogP contribution in [0.1, 0.15) is 38.5 Å². The van der Waals surface area contributed by atoms with Crippen molar-refractivity contribution in [1.82, 2.24) is 10.2 Å². The van der Waals surface area contributed by atoms with Gasteiger partial charge in [0, 0.05) is 12.6 Å². The van der Waals surface area contributed by atoms with Gasteiger partial charge in [-0.05, 0) is 38.5 Å². The zero-order chi connectivity index (χ0) is 13.8. The molecular formula is C13H21FN2O3. The highest BCUT2D eigenvalue weighted by molar-refractivity contribution is 5.75. The first-order valence-electron chi connectivity index (χ1n) is 6.91. The Morgan fingerprint density at radius 2 is 1.89 bits per heavy atom. The first-order chi connectivity index (χ1) is 9.11. The summed E-state index contributed by atoms with van der Waals surface area (Å²) in [6.07, 6.45) is 2.94. The standard InChI is InChI=1S/C13H21FN2O3/c1-19-12(17)9-4-6-10(7-5-9)15-13(18)16-8-2-3-11(16)14/h9-11H,2-8H2,1H3,(H,15,18)/t9?,10?,11-/m1/s1. The number of rotatable bonds is 2. The Balaban J connectivity index is 1.76. The fourth-order valence-corrected chi connectivity index (χ4v) is 2.85. The third-order valence-electron chi connectivity index (χ3n) is 4.03. The van der Waals surface area contributed by atoms with Gasteiger partial charge in [-0.15, -0.1) is 0 Å². The molecule has 0 radical (unpaired) electrons. The van der Waals surface area contributed by atoms with Gasteiger partial charge in [-0.1, -0.05) is 0 Å². The molecule has 0 aromatic heterocycles. The molecule has 0 spiro atoms. The molecule has 1 atom stereocenters. The lowest BCUT2D eigenvalue weighted by Gasteiger charge is -2.29. The predicted molar refractivity (Wildman–Crippen MR) is 67.1 cm³/mol. The fraction of sp³-hybridized carbons (Fsp3) is 0.846. The van der Waals surface area contributed by atoms with Gasteiger partial charge in [0.1, 0.15) is 0 Å². The summed E-state index contributed by atoms with van der Waals surface area (Å²) in [7, 11) is 1.39. The van der Waals surface area contributed by atoms with Crippen molar-refractivity contribution >= 4 is 12.0 Å². The molecular weight excluding hydrogens is 251 g/mol. The summed E-state index contributed by atoms with van der Waals surface area (Å²) in [6, 6.07) is -0.271. The van der Waals surface area contributed by atoms with Crippen LogP contribution < -0.4 is 5.32 Å². The van der Waals surface area contributed by atoms with Gasteiger partial charge in [0.05, 0.1) is 13.0 Å². The van der Waals surface area contributed by atoms with Crippen molar-refractivity contribution in [3.63, 3.8) is 0 Å². The average Bonchev–Trinajstić information content (AvgIpc) is 2.85. The van der Waals surface area contributed by atoms with E-state index < -0.39 is 6.30 Å². The Kier molecular flexibility index (Phi) is 4.61. The molecule has 1 aliphatic heterocycles. The van der Waals surface area contributed by atoms with Crippen molar-refractivity contribution in [3.05, 3.63) is 0 Å².